The summed E-state index contributed by atoms with van der Waals surface area (Å²) in [4.78, 5) is 25.3. The molecule has 0 unspecified atom stereocenters. The molecule has 2 aromatic carbocycles. The smallest absolute Gasteiger partial charge is 0.305 e. The number of aromatic nitrogens is 1. The van der Waals surface area contributed by atoms with E-state index in [1.807, 2.05) is 24.3 Å². The van der Waals surface area contributed by atoms with Crippen LogP contribution >= 0.6 is 24.0 Å². The number of carboxylic acid groups (broad SMARTS) is 1. The van der Waals surface area contributed by atoms with E-state index in [-0.39, 0.29) is 18.9 Å². The normalized spacial score (nSPS) is 16.0. The highest BCUT2D eigenvalue weighted by Gasteiger charge is 2.32. The maximum Gasteiger partial charge on any atom is 0.305 e. The number of hydrogen-bond acceptors (Lipinski definition) is 4. The minimum absolute atomic E-state index is 0.0976. The van der Waals surface area contributed by atoms with Crippen LogP contribution in [0.2, 0.25) is 0 Å². The highest BCUT2D eigenvalue weighted by molar-refractivity contribution is 8.26. The Morgan fingerprint density at radius 1 is 1.18 bits per heavy atom. The lowest BCUT2D eigenvalue weighted by molar-refractivity contribution is -0.137. The summed E-state index contributed by atoms with van der Waals surface area (Å²) in [7, 11) is 0. The van der Waals surface area contributed by atoms with Gasteiger partial charge >= 0.3 is 5.97 Å². The number of aliphatic carboxylic acids is 1. The van der Waals surface area contributed by atoms with E-state index in [4.69, 9.17) is 17.3 Å². The van der Waals surface area contributed by atoms with Crippen molar-refractivity contribution < 1.29 is 14.7 Å². The molecular weight excluding hydrogens is 392 g/mol. The van der Waals surface area contributed by atoms with Crippen LogP contribution in [0.5, 0.6) is 0 Å². The fourth-order valence-corrected chi connectivity index (χ4v) is 4.86. The average Bonchev–Trinajstić information content (AvgIpc) is 3.13. The topological polar surface area (TPSA) is 62.5 Å². The summed E-state index contributed by atoms with van der Waals surface area (Å²) in [5.74, 6) is -1.18. The molecular formula is C21H18N2O3S2. The number of aryl methyl sites for hydroxylation is 1. The maximum atomic E-state index is 12.6. The third-order valence-electron chi connectivity index (χ3n) is 4.83. The van der Waals surface area contributed by atoms with Crippen LogP contribution in [0.15, 0.2) is 47.4 Å². The Kier molecular flexibility index (Phi) is 4.95. The first-order valence-electron chi connectivity index (χ1n) is 8.97. The lowest BCUT2D eigenvalue weighted by Crippen LogP contribution is -2.30. The summed E-state index contributed by atoms with van der Waals surface area (Å²) < 4.78 is 2.68. The van der Waals surface area contributed by atoms with Crippen molar-refractivity contribution in [3.05, 3.63) is 52.9 Å². The van der Waals surface area contributed by atoms with Gasteiger partial charge in [0.2, 0.25) is 0 Å². The lowest BCUT2D eigenvalue weighted by atomic mass is 10.1. The molecule has 142 valence electrons. The molecule has 1 aliphatic rings. The van der Waals surface area contributed by atoms with Gasteiger partial charge in [0.05, 0.1) is 11.3 Å². The van der Waals surface area contributed by atoms with E-state index in [1.54, 1.807) is 0 Å². The number of fused-ring (bicyclic) bond motifs is 3. The van der Waals surface area contributed by atoms with Crippen molar-refractivity contribution >= 4 is 68.1 Å². The van der Waals surface area contributed by atoms with Crippen LogP contribution in [0.4, 0.5) is 0 Å². The van der Waals surface area contributed by atoms with Gasteiger partial charge in [-0.25, -0.2) is 0 Å². The van der Waals surface area contributed by atoms with E-state index in [2.05, 4.69) is 35.8 Å². The molecule has 0 spiro atoms. The number of carboxylic acids is 1. The summed E-state index contributed by atoms with van der Waals surface area (Å²) in [6.07, 6.45) is 1.71. The number of carbonyl (C=O) groups is 2. The van der Waals surface area contributed by atoms with E-state index in [1.165, 1.54) is 27.6 Å². The van der Waals surface area contributed by atoms with Gasteiger partial charge in [-0.1, -0.05) is 48.2 Å². The Morgan fingerprint density at radius 2 is 1.93 bits per heavy atom. The average molecular weight is 411 g/mol. The first-order valence-corrected chi connectivity index (χ1v) is 10.2. The quantitative estimate of drug-likeness (QED) is 0.496. The van der Waals surface area contributed by atoms with Gasteiger partial charge < -0.3 is 9.67 Å². The maximum absolute atomic E-state index is 12.6. The molecule has 1 N–H and O–H groups in total. The van der Waals surface area contributed by atoms with Crippen LogP contribution in [0.1, 0.15) is 18.9 Å². The van der Waals surface area contributed by atoms with Crippen molar-refractivity contribution in [3.8, 4) is 0 Å². The second-order valence-corrected chi connectivity index (χ2v) is 8.19. The minimum atomic E-state index is -0.948. The molecule has 1 fully saturated rings. The molecule has 1 saturated heterocycles. The molecule has 0 radical (unpaired) electrons. The van der Waals surface area contributed by atoms with Crippen LogP contribution in [0.25, 0.3) is 27.9 Å². The molecule has 1 amide bonds. The Labute approximate surface area is 171 Å². The fourth-order valence-electron chi connectivity index (χ4n) is 3.55. The number of thioether (sulfide) groups is 1. The number of rotatable bonds is 5. The monoisotopic (exact) mass is 410 g/mol. The second-order valence-electron chi connectivity index (χ2n) is 6.52. The first kappa shape index (κ1) is 18.7. The van der Waals surface area contributed by atoms with Crippen LogP contribution < -0.4 is 0 Å². The fraction of sp³-hybridized carbons (Fsp3) is 0.190. The number of thiocarbonyl (C=S) groups is 1. The van der Waals surface area contributed by atoms with E-state index in [0.717, 1.165) is 23.0 Å². The molecule has 0 saturated carbocycles. The number of amides is 1. The minimum Gasteiger partial charge on any atom is -0.481 e. The number of benzene rings is 2. The molecule has 7 heteroatoms. The van der Waals surface area contributed by atoms with Gasteiger partial charge in [-0.2, -0.15) is 0 Å². The van der Waals surface area contributed by atoms with Gasteiger partial charge in [0.15, 0.2) is 0 Å². The number of carbonyl (C=O) groups excluding carboxylic acids is 1. The molecule has 4 rings (SSSR count). The summed E-state index contributed by atoms with van der Waals surface area (Å²) >= 11 is 6.47. The SMILES string of the molecule is CCn1c2ccccc2c2cc(/C=C3/SC(=S)N(CCC(=O)O)C3=O)ccc21. The first-order chi connectivity index (χ1) is 13.5. The Balaban J connectivity index is 1.72. The van der Waals surface area contributed by atoms with Gasteiger partial charge in [0.25, 0.3) is 5.91 Å². The van der Waals surface area contributed by atoms with Crippen LogP contribution in [0.3, 0.4) is 0 Å². The third kappa shape index (κ3) is 3.21. The second kappa shape index (κ2) is 7.41. The molecule has 3 aromatic rings. The van der Waals surface area contributed by atoms with E-state index >= 15 is 0 Å². The highest BCUT2D eigenvalue weighted by atomic mass is 32.2. The van der Waals surface area contributed by atoms with Gasteiger partial charge in [0, 0.05) is 34.9 Å². The standard InChI is InChI=1S/C21H18N2O3S2/c1-2-22-16-6-4-3-5-14(16)15-11-13(7-8-17(15)22)12-18-20(26)23(21(27)28-18)10-9-19(24)25/h3-8,11-12H,2,9-10H2,1H3,(H,24,25)/b18-12+. The lowest BCUT2D eigenvalue weighted by Gasteiger charge is -2.12. The molecule has 28 heavy (non-hydrogen) atoms. The predicted molar refractivity (Wildman–Crippen MR) is 117 cm³/mol. The molecule has 1 aliphatic heterocycles. The largest absolute Gasteiger partial charge is 0.481 e. The van der Waals surface area contributed by atoms with E-state index in [0.29, 0.717) is 9.23 Å². The van der Waals surface area contributed by atoms with Gasteiger partial charge in [-0.05, 0) is 36.8 Å². The van der Waals surface area contributed by atoms with Crippen LogP contribution in [-0.2, 0) is 16.1 Å². The summed E-state index contributed by atoms with van der Waals surface area (Å²) in [6, 6.07) is 14.5. The van der Waals surface area contributed by atoms with Crippen molar-refractivity contribution in [3.63, 3.8) is 0 Å². The van der Waals surface area contributed by atoms with Crippen molar-refractivity contribution in [1.82, 2.24) is 9.47 Å². The molecule has 0 atom stereocenters. The number of hydrogen-bond donors (Lipinski definition) is 1. The number of para-hydroxylation sites is 1. The zero-order chi connectivity index (χ0) is 19.8. The van der Waals surface area contributed by atoms with E-state index < -0.39 is 5.97 Å². The van der Waals surface area contributed by atoms with Gasteiger partial charge in [0.1, 0.15) is 4.32 Å². The summed E-state index contributed by atoms with van der Waals surface area (Å²) in [5, 5.41) is 11.2. The molecule has 2 heterocycles. The van der Waals surface area contributed by atoms with Crippen molar-refractivity contribution in [2.24, 2.45) is 0 Å². The van der Waals surface area contributed by atoms with Gasteiger partial charge in [-0.15, -0.1) is 0 Å². The Morgan fingerprint density at radius 3 is 2.68 bits per heavy atom. The zero-order valence-corrected chi connectivity index (χ0v) is 16.8. The van der Waals surface area contributed by atoms with Crippen molar-refractivity contribution in [2.45, 2.75) is 19.9 Å². The Hall–Kier alpha value is -2.64. The molecule has 1 aromatic heterocycles. The number of nitrogens with zero attached hydrogens (tertiary/aromatic N) is 2. The van der Waals surface area contributed by atoms with E-state index in [9.17, 15) is 9.59 Å². The molecule has 0 aliphatic carbocycles. The highest BCUT2D eigenvalue weighted by Crippen LogP contribution is 2.34. The predicted octanol–water partition coefficient (Wildman–Crippen LogP) is 4.49. The van der Waals surface area contributed by atoms with Crippen molar-refractivity contribution in [2.75, 3.05) is 6.54 Å². The zero-order valence-electron chi connectivity index (χ0n) is 15.2. The van der Waals surface area contributed by atoms with Crippen LogP contribution in [-0.4, -0.2) is 37.3 Å². The molecule has 5 nitrogen and oxygen atoms in total. The van der Waals surface area contributed by atoms with Crippen molar-refractivity contribution in [1.29, 1.82) is 0 Å². The van der Waals surface area contributed by atoms with Crippen LogP contribution in [0, 0.1) is 0 Å². The Bertz CT molecular complexity index is 1160. The third-order valence-corrected chi connectivity index (χ3v) is 6.21. The summed E-state index contributed by atoms with van der Waals surface area (Å²) in [6.45, 7) is 3.11. The van der Waals surface area contributed by atoms with Gasteiger partial charge in [-0.3, -0.25) is 14.5 Å². The summed E-state index contributed by atoms with van der Waals surface area (Å²) in [5.41, 5.74) is 3.28. The molecule has 0 bridgehead atoms.